The first-order valence-corrected chi connectivity index (χ1v) is 8.03. The molecule has 0 radical (unpaired) electrons. The van der Waals surface area contributed by atoms with Gasteiger partial charge in [-0.15, -0.1) is 0 Å². The molecule has 0 N–H and O–H groups in total. The predicted octanol–water partition coefficient (Wildman–Crippen LogP) is 2.30. The summed E-state index contributed by atoms with van der Waals surface area (Å²) >= 11 is 0. The maximum absolute atomic E-state index is 12.1. The van der Waals surface area contributed by atoms with Gasteiger partial charge in [-0.25, -0.2) is 8.42 Å². The van der Waals surface area contributed by atoms with Crippen LogP contribution in [0.25, 0.3) is 5.76 Å². The van der Waals surface area contributed by atoms with Gasteiger partial charge in [0.15, 0.2) is 5.60 Å². The standard InChI is InChI=1S/C15H18O4S/c1-3-15(4-2)14(16)9-13(19-15)12-7-5-11(6-8-12)10-20(17)18/h5-9,20H,3-4,10H2,1-2H3. The summed E-state index contributed by atoms with van der Waals surface area (Å²) in [5.41, 5.74) is 0.797. The van der Waals surface area contributed by atoms with Gasteiger partial charge < -0.3 is 4.74 Å². The smallest absolute Gasteiger partial charge is 0.202 e. The van der Waals surface area contributed by atoms with Crippen LogP contribution in [-0.2, 0) is 26.0 Å². The van der Waals surface area contributed by atoms with Crippen LogP contribution in [0.3, 0.4) is 0 Å². The first kappa shape index (κ1) is 14.8. The Morgan fingerprint density at radius 3 is 2.15 bits per heavy atom. The third-order valence-corrected chi connectivity index (χ3v) is 4.33. The van der Waals surface area contributed by atoms with Gasteiger partial charge in [0.05, 0.1) is 5.75 Å². The van der Waals surface area contributed by atoms with Crippen LogP contribution >= 0.6 is 0 Å². The van der Waals surface area contributed by atoms with Crippen LogP contribution in [0.4, 0.5) is 0 Å². The lowest BCUT2D eigenvalue weighted by atomic mass is 9.93. The van der Waals surface area contributed by atoms with Crippen LogP contribution in [0, 0.1) is 0 Å². The van der Waals surface area contributed by atoms with E-state index < -0.39 is 16.3 Å². The molecule has 0 aliphatic carbocycles. The second-order valence-corrected chi connectivity index (χ2v) is 5.85. The molecule has 0 saturated heterocycles. The van der Waals surface area contributed by atoms with Crippen molar-refractivity contribution in [3.8, 4) is 0 Å². The van der Waals surface area contributed by atoms with Crippen molar-refractivity contribution in [2.24, 2.45) is 0 Å². The first-order chi connectivity index (χ1) is 9.50. The summed E-state index contributed by atoms with van der Waals surface area (Å²) in [5, 5.41) is 0. The number of thiol groups is 1. The second-order valence-electron chi connectivity index (χ2n) is 4.86. The largest absolute Gasteiger partial charge is 0.478 e. The molecule has 1 aliphatic rings. The molecule has 0 amide bonds. The highest BCUT2D eigenvalue weighted by molar-refractivity contribution is 7.71. The van der Waals surface area contributed by atoms with Crippen molar-refractivity contribution < 1.29 is 17.9 Å². The number of hydrogen-bond acceptors (Lipinski definition) is 4. The molecule has 5 heteroatoms. The molecule has 0 unspecified atom stereocenters. The number of ether oxygens (including phenoxy) is 1. The average Bonchev–Trinajstić information content (AvgIpc) is 2.76. The third-order valence-electron chi connectivity index (χ3n) is 3.71. The quantitative estimate of drug-likeness (QED) is 0.847. The lowest BCUT2D eigenvalue weighted by Gasteiger charge is -2.25. The van der Waals surface area contributed by atoms with Crippen molar-refractivity contribution in [1.29, 1.82) is 0 Å². The van der Waals surface area contributed by atoms with E-state index in [4.69, 9.17) is 4.74 Å². The first-order valence-electron chi connectivity index (χ1n) is 6.67. The van der Waals surface area contributed by atoms with Crippen molar-refractivity contribution in [2.45, 2.75) is 38.0 Å². The van der Waals surface area contributed by atoms with E-state index in [2.05, 4.69) is 0 Å². The monoisotopic (exact) mass is 294 g/mol. The Morgan fingerprint density at radius 1 is 1.10 bits per heavy atom. The van der Waals surface area contributed by atoms with Gasteiger partial charge in [0, 0.05) is 11.6 Å². The molecule has 2 rings (SSSR count). The fourth-order valence-electron chi connectivity index (χ4n) is 2.35. The lowest BCUT2D eigenvalue weighted by Crippen LogP contribution is -2.34. The Hall–Kier alpha value is -1.62. The van der Waals surface area contributed by atoms with Gasteiger partial charge >= 0.3 is 0 Å². The molecular weight excluding hydrogens is 276 g/mol. The van der Waals surface area contributed by atoms with Gasteiger partial charge in [-0.05, 0) is 18.4 Å². The van der Waals surface area contributed by atoms with Gasteiger partial charge in [0.25, 0.3) is 0 Å². The molecule has 0 saturated carbocycles. The normalized spacial score (nSPS) is 17.1. The molecule has 1 aromatic rings. The Kier molecular flexibility index (Phi) is 4.28. The zero-order valence-corrected chi connectivity index (χ0v) is 12.5. The number of benzene rings is 1. The van der Waals surface area contributed by atoms with Crippen LogP contribution in [0.15, 0.2) is 30.3 Å². The van der Waals surface area contributed by atoms with E-state index in [1.165, 1.54) is 6.08 Å². The fourth-order valence-corrected chi connectivity index (χ4v) is 2.86. The van der Waals surface area contributed by atoms with E-state index in [0.29, 0.717) is 18.6 Å². The molecule has 0 spiro atoms. The number of rotatable bonds is 5. The highest BCUT2D eigenvalue weighted by Gasteiger charge is 2.41. The minimum absolute atomic E-state index is 0.00390. The van der Waals surface area contributed by atoms with Crippen LogP contribution < -0.4 is 0 Å². The molecule has 108 valence electrons. The molecule has 0 atom stereocenters. The minimum Gasteiger partial charge on any atom is -0.478 e. The topological polar surface area (TPSA) is 60.4 Å². The molecule has 1 aliphatic heterocycles. The van der Waals surface area contributed by atoms with Crippen molar-refractivity contribution >= 4 is 22.2 Å². The molecule has 0 aromatic heterocycles. The Labute approximate surface area is 120 Å². The van der Waals surface area contributed by atoms with Crippen LogP contribution in [0.1, 0.15) is 37.8 Å². The number of hydrogen-bond donors (Lipinski definition) is 1. The summed E-state index contributed by atoms with van der Waals surface area (Å²) in [6.07, 6.45) is 2.81. The summed E-state index contributed by atoms with van der Waals surface area (Å²) in [5.74, 6) is 0.600. The number of carbonyl (C=O) groups is 1. The fraction of sp³-hybridized carbons (Fsp3) is 0.400. The van der Waals surface area contributed by atoms with Crippen LogP contribution in [-0.4, -0.2) is 19.8 Å². The van der Waals surface area contributed by atoms with Gasteiger partial charge in [-0.3, -0.25) is 4.79 Å². The van der Waals surface area contributed by atoms with Crippen LogP contribution in [0.5, 0.6) is 0 Å². The molecule has 4 nitrogen and oxygen atoms in total. The van der Waals surface area contributed by atoms with Gasteiger partial charge in [0.2, 0.25) is 5.78 Å². The van der Waals surface area contributed by atoms with Crippen molar-refractivity contribution in [1.82, 2.24) is 0 Å². The minimum atomic E-state index is -2.42. The predicted molar refractivity (Wildman–Crippen MR) is 77.8 cm³/mol. The van der Waals surface area contributed by atoms with E-state index in [9.17, 15) is 13.2 Å². The van der Waals surface area contributed by atoms with E-state index >= 15 is 0 Å². The average molecular weight is 294 g/mol. The lowest BCUT2D eigenvalue weighted by molar-refractivity contribution is -0.129. The van der Waals surface area contributed by atoms with E-state index in [0.717, 1.165) is 11.1 Å². The molecule has 0 fully saturated rings. The van der Waals surface area contributed by atoms with Crippen molar-refractivity contribution in [3.05, 3.63) is 41.5 Å². The van der Waals surface area contributed by atoms with E-state index in [1.807, 2.05) is 13.8 Å². The molecule has 1 heterocycles. The van der Waals surface area contributed by atoms with E-state index in [1.54, 1.807) is 24.3 Å². The molecule has 1 aromatic carbocycles. The molecule has 0 bridgehead atoms. The summed E-state index contributed by atoms with van der Waals surface area (Å²) in [4.78, 5) is 12.1. The number of ketones is 1. The summed E-state index contributed by atoms with van der Waals surface area (Å²) in [6, 6.07) is 7.06. The highest BCUT2D eigenvalue weighted by Crippen LogP contribution is 2.36. The van der Waals surface area contributed by atoms with Gasteiger partial charge in [-0.2, -0.15) is 0 Å². The van der Waals surface area contributed by atoms with Gasteiger partial charge in [-0.1, -0.05) is 38.1 Å². The second kappa shape index (κ2) is 5.79. The summed E-state index contributed by atoms with van der Waals surface area (Å²) < 4.78 is 27.2. The van der Waals surface area contributed by atoms with Crippen LogP contribution in [0.2, 0.25) is 0 Å². The maximum Gasteiger partial charge on any atom is 0.202 e. The SMILES string of the molecule is CCC1(CC)OC(c2ccc(C[SH](=O)=O)cc2)=CC1=O. The summed E-state index contributed by atoms with van der Waals surface area (Å²) in [7, 11) is -2.42. The van der Waals surface area contributed by atoms with Crippen molar-refractivity contribution in [3.63, 3.8) is 0 Å². The molecular formula is C15H18O4S. The van der Waals surface area contributed by atoms with Crippen molar-refractivity contribution in [2.75, 3.05) is 0 Å². The third kappa shape index (κ3) is 2.77. The van der Waals surface area contributed by atoms with E-state index in [-0.39, 0.29) is 11.5 Å². The number of carbonyl (C=O) groups excluding carboxylic acids is 1. The maximum atomic E-state index is 12.1. The zero-order chi connectivity index (χ0) is 14.8. The summed E-state index contributed by atoms with van der Waals surface area (Å²) in [6.45, 7) is 3.87. The Balaban J connectivity index is 2.21. The Bertz CT molecular complexity index is 599. The zero-order valence-electron chi connectivity index (χ0n) is 11.6. The van der Waals surface area contributed by atoms with Gasteiger partial charge in [0.1, 0.15) is 16.5 Å². The highest BCUT2D eigenvalue weighted by atomic mass is 32.2. The Morgan fingerprint density at radius 2 is 1.70 bits per heavy atom. The molecule has 20 heavy (non-hydrogen) atoms.